The van der Waals surface area contributed by atoms with E-state index in [1.807, 2.05) is 12.1 Å². The molecule has 4 heteroatoms. The van der Waals surface area contributed by atoms with E-state index < -0.39 is 6.09 Å². The van der Waals surface area contributed by atoms with E-state index in [2.05, 4.69) is 30.7 Å². The fraction of sp³-hybridized carbons (Fsp3) is 0.462. The topological polar surface area (TPSA) is 61.6 Å². The van der Waals surface area contributed by atoms with E-state index in [9.17, 15) is 4.79 Å². The van der Waals surface area contributed by atoms with Gasteiger partial charge in [-0.3, -0.25) is 0 Å². The third-order valence-electron chi connectivity index (χ3n) is 2.66. The van der Waals surface area contributed by atoms with Crippen LogP contribution < -0.4 is 10.5 Å². The second kappa shape index (κ2) is 6.78. The first-order chi connectivity index (χ1) is 8.13. The quantitative estimate of drug-likeness (QED) is 0.774. The van der Waals surface area contributed by atoms with Gasteiger partial charge in [0.25, 0.3) is 0 Å². The Hall–Kier alpha value is -1.71. The van der Waals surface area contributed by atoms with Crippen molar-refractivity contribution in [3.05, 3.63) is 29.8 Å². The molecule has 4 nitrogen and oxygen atoms in total. The predicted octanol–water partition coefficient (Wildman–Crippen LogP) is 2.67. The Morgan fingerprint density at radius 1 is 1.29 bits per heavy atom. The summed E-state index contributed by atoms with van der Waals surface area (Å²) in [5, 5.41) is 0. The number of rotatable bonds is 6. The van der Waals surface area contributed by atoms with Crippen molar-refractivity contribution in [2.45, 2.75) is 26.2 Å². The molecule has 1 unspecified atom stereocenters. The fourth-order valence-electron chi connectivity index (χ4n) is 1.43. The Kier molecular flexibility index (Phi) is 5.33. The fourth-order valence-corrected chi connectivity index (χ4v) is 1.43. The molecule has 1 rings (SSSR count). The van der Waals surface area contributed by atoms with Crippen LogP contribution >= 0.6 is 0 Å². The summed E-state index contributed by atoms with van der Waals surface area (Å²) < 4.78 is 9.95. The van der Waals surface area contributed by atoms with Crippen LogP contribution in [-0.2, 0) is 4.74 Å². The molecule has 17 heavy (non-hydrogen) atoms. The van der Waals surface area contributed by atoms with Crippen molar-refractivity contribution in [3.8, 4) is 5.75 Å². The molecular formula is C13H19NO3. The molecular weight excluding hydrogens is 218 g/mol. The summed E-state index contributed by atoms with van der Waals surface area (Å²) in [6, 6.07) is 7.95. The van der Waals surface area contributed by atoms with Gasteiger partial charge in [0.1, 0.15) is 19.0 Å². The third-order valence-corrected chi connectivity index (χ3v) is 2.66. The van der Waals surface area contributed by atoms with Crippen molar-refractivity contribution in [2.75, 3.05) is 13.2 Å². The highest BCUT2D eigenvalue weighted by atomic mass is 16.6. The lowest BCUT2D eigenvalue weighted by Gasteiger charge is -2.10. The van der Waals surface area contributed by atoms with E-state index in [1.54, 1.807) is 0 Å². The zero-order chi connectivity index (χ0) is 12.7. The Bertz CT molecular complexity index is 348. The molecule has 2 N–H and O–H groups in total. The minimum absolute atomic E-state index is 0.169. The first kappa shape index (κ1) is 13.4. The number of hydrogen-bond acceptors (Lipinski definition) is 3. The molecule has 0 aliphatic heterocycles. The van der Waals surface area contributed by atoms with Gasteiger partial charge in [0.2, 0.25) is 0 Å². The molecule has 0 bridgehead atoms. The molecule has 0 aliphatic carbocycles. The maximum absolute atomic E-state index is 10.3. The van der Waals surface area contributed by atoms with Gasteiger partial charge in [0.05, 0.1) is 0 Å². The van der Waals surface area contributed by atoms with E-state index in [0.29, 0.717) is 12.5 Å². The van der Waals surface area contributed by atoms with Gasteiger partial charge in [0, 0.05) is 0 Å². The van der Waals surface area contributed by atoms with Crippen LogP contribution in [0.3, 0.4) is 0 Å². The molecule has 94 valence electrons. The van der Waals surface area contributed by atoms with Crippen molar-refractivity contribution in [1.82, 2.24) is 0 Å². The van der Waals surface area contributed by atoms with Crippen molar-refractivity contribution >= 4 is 6.09 Å². The summed E-state index contributed by atoms with van der Waals surface area (Å²) in [4.78, 5) is 10.3. The Morgan fingerprint density at radius 2 is 1.94 bits per heavy atom. The Balaban J connectivity index is 2.38. The molecule has 0 fully saturated rings. The van der Waals surface area contributed by atoms with Crippen molar-refractivity contribution in [3.63, 3.8) is 0 Å². The highest BCUT2D eigenvalue weighted by molar-refractivity contribution is 5.64. The van der Waals surface area contributed by atoms with Crippen LogP contribution in [0.15, 0.2) is 24.3 Å². The van der Waals surface area contributed by atoms with Crippen molar-refractivity contribution in [1.29, 1.82) is 0 Å². The highest BCUT2D eigenvalue weighted by Crippen LogP contribution is 2.21. The molecule has 0 saturated heterocycles. The van der Waals surface area contributed by atoms with Gasteiger partial charge in [0.15, 0.2) is 0 Å². The van der Waals surface area contributed by atoms with Gasteiger partial charge in [-0.15, -0.1) is 0 Å². The van der Waals surface area contributed by atoms with Crippen molar-refractivity contribution < 1.29 is 14.3 Å². The standard InChI is InChI=1S/C13H19NO3/c1-3-10(2)11-4-6-12(7-5-11)16-8-9-17-13(14)15/h4-7,10H,3,8-9H2,1-2H3,(H2,14,15). The number of amides is 1. The molecule has 0 aromatic heterocycles. The lowest BCUT2D eigenvalue weighted by Crippen LogP contribution is -2.17. The molecule has 1 aromatic carbocycles. The Labute approximate surface area is 102 Å². The van der Waals surface area contributed by atoms with Gasteiger partial charge in [-0.25, -0.2) is 4.79 Å². The number of primary amides is 1. The lowest BCUT2D eigenvalue weighted by molar-refractivity contribution is 0.134. The molecule has 1 amide bonds. The van der Waals surface area contributed by atoms with Crippen LogP contribution in [-0.4, -0.2) is 19.3 Å². The van der Waals surface area contributed by atoms with E-state index >= 15 is 0 Å². The van der Waals surface area contributed by atoms with Crippen LogP contribution in [0.1, 0.15) is 31.7 Å². The van der Waals surface area contributed by atoms with Crippen LogP contribution in [0.2, 0.25) is 0 Å². The van der Waals surface area contributed by atoms with Crippen molar-refractivity contribution in [2.24, 2.45) is 5.73 Å². The molecule has 0 aliphatic rings. The van der Waals surface area contributed by atoms with Gasteiger partial charge >= 0.3 is 6.09 Å². The summed E-state index contributed by atoms with van der Waals surface area (Å²) >= 11 is 0. The largest absolute Gasteiger partial charge is 0.490 e. The molecule has 0 spiro atoms. The molecule has 1 atom stereocenters. The normalized spacial score (nSPS) is 11.9. The third kappa shape index (κ3) is 4.76. The van der Waals surface area contributed by atoms with E-state index in [0.717, 1.165) is 12.2 Å². The van der Waals surface area contributed by atoms with Gasteiger partial charge in [-0.1, -0.05) is 26.0 Å². The molecule has 0 radical (unpaired) electrons. The zero-order valence-corrected chi connectivity index (χ0v) is 10.3. The van der Waals surface area contributed by atoms with E-state index in [4.69, 9.17) is 10.5 Å². The highest BCUT2D eigenvalue weighted by Gasteiger charge is 2.02. The average Bonchev–Trinajstić information content (AvgIpc) is 2.34. The summed E-state index contributed by atoms with van der Waals surface area (Å²) in [5.41, 5.74) is 6.12. The van der Waals surface area contributed by atoms with Crippen LogP contribution in [0.5, 0.6) is 5.75 Å². The van der Waals surface area contributed by atoms with Gasteiger partial charge < -0.3 is 15.2 Å². The summed E-state index contributed by atoms with van der Waals surface area (Å²) in [6.45, 7) is 4.83. The summed E-state index contributed by atoms with van der Waals surface area (Å²) in [7, 11) is 0. The minimum Gasteiger partial charge on any atom is -0.490 e. The molecule has 1 aromatic rings. The smallest absolute Gasteiger partial charge is 0.404 e. The average molecular weight is 237 g/mol. The van der Waals surface area contributed by atoms with Crippen LogP contribution in [0, 0.1) is 0 Å². The van der Waals surface area contributed by atoms with E-state index in [-0.39, 0.29) is 6.61 Å². The van der Waals surface area contributed by atoms with Crippen LogP contribution in [0.4, 0.5) is 4.79 Å². The minimum atomic E-state index is -0.777. The molecule has 0 heterocycles. The number of benzene rings is 1. The Morgan fingerprint density at radius 3 is 2.47 bits per heavy atom. The second-order valence-electron chi connectivity index (χ2n) is 3.89. The maximum atomic E-state index is 10.3. The molecule has 0 saturated carbocycles. The van der Waals surface area contributed by atoms with E-state index in [1.165, 1.54) is 5.56 Å². The number of hydrogen-bond donors (Lipinski definition) is 1. The van der Waals surface area contributed by atoms with Crippen LogP contribution in [0.25, 0.3) is 0 Å². The number of carbonyl (C=O) groups is 1. The first-order valence-corrected chi connectivity index (χ1v) is 5.78. The van der Waals surface area contributed by atoms with Gasteiger partial charge in [-0.05, 0) is 30.0 Å². The second-order valence-corrected chi connectivity index (χ2v) is 3.89. The SMILES string of the molecule is CCC(C)c1ccc(OCCOC(N)=O)cc1. The van der Waals surface area contributed by atoms with Gasteiger partial charge in [-0.2, -0.15) is 0 Å². The lowest BCUT2D eigenvalue weighted by atomic mass is 9.99. The predicted molar refractivity (Wildman–Crippen MR) is 66.2 cm³/mol. The maximum Gasteiger partial charge on any atom is 0.404 e. The monoisotopic (exact) mass is 237 g/mol. The zero-order valence-electron chi connectivity index (χ0n) is 10.3. The number of nitrogens with two attached hydrogens (primary N) is 1. The number of carbonyl (C=O) groups excluding carboxylic acids is 1. The summed E-state index contributed by atoms with van der Waals surface area (Å²) in [6.07, 6.45) is 0.341. The number of ether oxygens (including phenoxy) is 2. The summed E-state index contributed by atoms with van der Waals surface area (Å²) in [5.74, 6) is 1.33. The first-order valence-electron chi connectivity index (χ1n) is 5.78.